The molecule has 2 aliphatic heterocycles. The van der Waals surface area contributed by atoms with Crippen molar-refractivity contribution >= 4 is 81.7 Å². The van der Waals surface area contributed by atoms with Crippen molar-refractivity contribution < 1.29 is 9.53 Å². The standard InChI is InChI=1S/2C10H14N2.C10H13N.C9H12N2.4C9H13NS.C9H14O2/c1-6-9-11-8(7-12(9)5)10(2,3)4;1-6-8-7-9(10(2,3)4)12(5)11-8;1-5-9-8(6-7-11-9)10(2,3)4;1-5-8-10-6-7(11-8)9(2,3)4;1-5-8-10-7(6-11-8)9(2,3)4;1-5-8-10-6-7(11-8)9(2,3)4;1-5-8-7(6-11-10-8)9(2,3)4;1-5-7-6-8(11-10-7)9(2,3)4;1-9(2,3)7-5-4-6-8(10)11-7/h2*1,7H,2-5H3;1,6H,7H2,2-4H3;1,6H,2-4H3,(H,10,11);4*5-6H,1H2,2-4H3;4,6-7H,5H2,1-3H3. The first kappa shape index (κ1) is 91.0. The number of allylic oxidation sites excluding steroid dienone is 1. The van der Waals surface area contributed by atoms with Crippen LogP contribution in [0.15, 0.2) is 96.6 Å². The van der Waals surface area contributed by atoms with Gasteiger partial charge in [0.15, 0.2) is 11.6 Å². The first-order chi connectivity index (χ1) is 46.2. The molecule has 7 aromatic rings. The Labute approximate surface area is 626 Å². The minimum Gasteiger partial charge on any atom is -0.458 e. The number of hydrogen-bond donors (Lipinski definition) is 1. The molecular weight excluding hydrogens is 1320 g/mol. The molecular formula is C84H119N11O2S4. The number of ether oxygens (including phenoxy) is 1. The topological polar surface area (TPSA) is 155 Å². The highest BCUT2D eigenvalue weighted by atomic mass is 32.1. The number of aromatic nitrogens is 10. The number of nitrogens with one attached hydrogen (secondary N) is 1. The number of terminal acetylenes is 4. The maximum atomic E-state index is 10.8. The summed E-state index contributed by atoms with van der Waals surface area (Å²) in [6.07, 6.45) is 40.2. The summed E-state index contributed by atoms with van der Waals surface area (Å²) in [4.78, 5) is 37.6. The quantitative estimate of drug-likeness (QED) is 0.134. The first-order valence-electron chi connectivity index (χ1n) is 33.6. The Morgan fingerprint density at radius 1 is 0.614 bits per heavy atom. The molecule has 7 aromatic heterocycles. The lowest BCUT2D eigenvalue weighted by Crippen LogP contribution is -2.32. The predicted octanol–water partition coefficient (Wildman–Crippen LogP) is 21.4. The number of hydrogen-bond acceptors (Lipinski definition) is 14. The maximum Gasteiger partial charge on any atom is 0.330 e. The Morgan fingerprint density at radius 2 is 1.21 bits per heavy atom. The summed E-state index contributed by atoms with van der Waals surface area (Å²) in [5.41, 5.74) is 11.8. The van der Waals surface area contributed by atoms with Crippen LogP contribution >= 0.6 is 45.7 Å². The lowest BCUT2D eigenvalue weighted by atomic mass is 9.84. The molecule has 0 aliphatic carbocycles. The van der Waals surface area contributed by atoms with Crippen LogP contribution in [0.4, 0.5) is 0 Å². The van der Waals surface area contributed by atoms with Gasteiger partial charge in [-0.15, -0.1) is 48.4 Å². The van der Waals surface area contributed by atoms with Gasteiger partial charge in [-0.1, -0.05) is 231 Å². The number of esters is 1. The third-order valence-electron chi connectivity index (χ3n) is 14.6. The fraction of sp³-hybridized carbons (Fsp3) is 0.488. The molecule has 0 amide bonds. The number of H-pyrrole nitrogens is 1. The highest BCUT2D eigenvalue weighted by Crippen LogP contribution is 2.32. The summed E-state index contributed by atoms with van der Waals surface area (Å²) in [6.45, 7) is 73.5. The first-order valence-corrected chi connectivity index (χ1v) is 36.9. The number of aromatic amines is 1. The molecule has 9 rings (SSSR count). The van der Waals surface area contributed by atoms with Gasteiger partial charge in [0.1, 0.15) is 27.5 Å². The van der Waals surface area contributed by atoms with Gasteiger partial charge in [-0.3, -0.25) is 9.67 Å². The van der Waals surface area contributed by atoms with E-state index < -0.39 is 0 Å². The number of nitrogens with zero attached hydrogens (tertiary/aromatic N) is 10. The number of cyclic esters (lactones) is 1. The van der Waals surface area contributed by atoms with Crippen molar-refractivity contribution in [2.75, 3.05) is 6.54 Å². The molecule has 9 heterocycles. The number of thiazole rings is 2. The van der Waals surface area contributed by atoms with E-state index in [0.29, 0.717) is 17.3 Å². The molecule has 546 valence electrons. The monoisotopic (exact) mass is 1440 g/mol. The van der Waals surface area contributed by atoms with E-state index in [0.717, 1.165) is 62.9 Å². The number of aliphatic imine (C=N–C) groups is 1. The zero-order valence-electron chi connectivity index (χ0n) is 66.6. The Bertz CT molecular complexity index is 3930. The number of carbonyl (C=O) groups excluding carboxylic acids is 1. The van der Waals surface area contributed by atoms with Crippen LogP contribution < -0.4 is 0 Å². The minimum absolute atomic E-state index is 0.0417. The lowest BCUT2D eigenvalue weighted by Gasteiger charge is -2.30. The molecule has 0 spiro atoms. The molecule has 0 fully saturated rings. The maximum absolute atomic E-state index is 10.8. The molecule has 17 heteroatoms. The van der Waals surface area contributed by atoms with Gasteiger partial charge >= 0.3 is 5.97 Å². The van der Waals surface area contributed by atoms with Crippen LogP contribution in [0.2, 0.25) is 0 Å². The molecule has 0 saturated carbocycles. The van der Waals surface area contributed by atoms with Crippen molar-refractivity contribution in [3.05, 3.63) is 168 Å². The van der Waals surface area contributed by atoms with Gasteiger partial charge in [0, 0.05) is 98.7 Å². The predicted molar refractivity (Wildman–Crippen MR) is 440 cm³/mol. The largest absolute Gasteiger partial charge is 0.458 e. The minimum atomic E-state index is -0.212. The van der Waals surface area contributed by atoms with Crippen LogP contribution in [0.1, 0.15) is 270 Å². The average molecular weight is 1440 g/mol. The van der Waals surface area contributed by atoms with E-state index in [-0.39, 0.29) is 60.8 Å². The smallest absolute Gasteiger partial charge is 0.330 e. The van der Waals surface area contributed by atoms with Crippen molar-refractivity contribution in [2.45, 2.75) is 237 Å². The molecule has 0 bridgehead atoms. The van der Waals surface area contributed by atoms with Gasteiger partial charge in [-0.2, -0.15) is 13.8 Å². The fourth-order valence-electron chi connectivity index (χ4n) is 8.36. The molecule has 101 heavy (non-hydrogen) atoms. The van der Waals surface area contributed by atoms with Crippen LogP contribution in [0.25, 0.3) is 24.3 Å². The third-order valence-corrected chi connectivity index (χ3v) is 18.8. The second-order valence-electron chi connectivity index (χ2n) is 33.2. The van der Waals surface area contributed by atoms with Gasteiger partial charge in [-0.25, -0.2) is 24.7 Å². The second kappa shape index (κ2) is 38.8. The highest BCUT2D eigenvalue weighted by Gasteiger charge is 2.29. The van der Waals surface area contributed by atoms with Crippen molar-refractivity contribution in [3.8, 4) is 49.4 Å². The zero-order valence-corrected chi connectivity index (χ0v) is 69.9. The van der Waals surface area contributed by atoms with Crippen molar-refractivity contribution in [1.29, 1.82) is 0 Å². The summed E-state index contributed by atoms with van der Waals surface area (Å²) in [6, 6.07) is 4.05. The van der Waals surface area contributed by atoms with E-state index in [9.17, 15) is 4.79 Å². The van der Waals surface area contributed by atoms with E-state index in [4.69, 9.17) is 30.4 Å². The Kier molecular flexibility index (Phi) is 35.0. The summed E-state index contributed by atoms with van der Waals surface area (Å²) >= 11 is 6.41. The lowest BCUT2D eigenvalue weighted by molar-refractivity contribution is -0.149. The number of carbonyl (C=O) groups is 1. The van der Waals surface area contributed by atoms with Crippen LogP contribution in [0.3, 0.4) is 0 Å². The fourth-order valence-corrected chi connectivity index (χ4v) is 11.8. The van der Waals surface area contributed by atoms with E-state index in [1.165, 1.54) is 38.5 Å². The summed E-state index contributed by atoms with van der Waals surface area (Å²) in [7, 11) is 3.83. The van der Waals surface area contributed by atoms with Gasteiger partial charge in [0.2, 0.25) is 0 Å². The summed E-state index contributed by atoms with van der Waals surface area (Å²) in [5.74, 6) is 11.2. The van der Waals surface area contributed by atoms with E-state index in [2.05, 4.69) is 304 Å². The van der Waals surface area contributed by atoms with Crippen molar-refractivity contribution in [3.63, 3.8) is 0 Å². The van der Waals surface area contributed by atoms with Crippen LogP contribution in [-0.2, 0) is 61.5 Å². The van der Waals surface area contributed by atoms with Crippen molar-refractivity contribution in [1.82, 2.24) is 48.0 Å². The molecule has 0 saturated heterocycles. The molecule has 1 N–H and O–H groups in total. The number of aryl methyl sites for hydroxylation is 2. The van der Waals surface area contributed by atoms with E-state index in [1.807, 2.05) is 54.0 Å². The Morgan fingerprint density at radius 3 is 1.50 bits per heavy atom. The third kappa shape index (κ3) is 32.2. The molecule has 0 aromatic carbocycles. The van der Waals surface area contributed by atoms with Gasteiger partial charge in [0.05, 0.1) is 29.3 Å². The van der Waals surface area contributed by atoms with Crippen LogP contribution in [-0.4, -0.2) is 72.3 Å². The van der Waals surface area contributed by atoms with Crippen LogP contribution in [0, 0.1) is 60.2 Å². The zero-order chi connectivity index (χ0) is 78.1. The number of imidazole rings is 2. The Hall–Kier alpha value is -8.03. The van der Waals surface area contributed by atoms with Gasteiger partial charge in [-0.05, 0) is 115 Å². The molecule has 1 atom stereocenters. The molecule has 0 radical (unpaired) electrons. The SMILES string of the molecule is C#CC1=NCC=C1C(C)(C)C.C#Cc1cc(C(C)(C)C)n(C)n1.C#Cc1nc(C(C)(C)C)cn1C.C#Cc1ncc(C(C)(C)C)[nH]1.C=Cc1cc(C(C)(C)C)sn1.C=Cc1nc(C(C)(C)C)cs1.C=Cc1ncc(C(C)(C)C)s1.C=Cc1nscc1C(C)(C)C.CC(C)(C)C1CC=CC(=O)O1. The van der Waals surface area contributed by atoms with Gasteiger partial charge in [0.25, 0.3) is 0 Å². The molecule has 1 unspecified atom stereocenters. The van der Waals surface area contributed by atoms with Crippen LogP contribution in [0.5, 0.6) is 0 Å². The molecule has 2 aliphatic rings. The van der Waals surface area contributed by atoms with Crippen molar-refractivity contribution in [2.24, 2.45) is 29.9 Å². The average Bonchev–Trinajstić information content (AvgIpc) is 1.70. The van der Waals surface area contributed by atoms with E-state index in [1.54, 1.807) is 58.6 Å². The molecule has 13 nitrogen and oxygen atoms in total. The Balaban J connectivity index is 0.000000568. The second-order valence-corrected chi connectivity index (χ2v) is 36.6. The van der Waals surface area contributed by atoms with E-state index >= 15 is 0 Å². The highest BCUT2D eigenvalue weighted by molar-refractivity contribution is 7.12. The summed E-state index contributed by atoms with van der Waals surface area (Å²) in [5, 5.41) is 10.4. The number of rotatable bonds is 4. The van der Waals surface area contributed by atoms with Gasteiger partial charge < -0.3 is 14.3 Å². The normalized spacial score (nSPS) is 13.5. The summed E-state index contributed by atoms with van der Waals surface area (Å²) < 4.78 is 17.3.